The molecule has 0 amide bonds. The molecule has 12 rings (SSSR count). The van der Waals surface area contributed by atoms with Gasteiger partial charge in [0.2, 0.25) is 0 Å². The summed E-state index contributed by atoms with van der Waals surface area (Å²) < 4.78 is 0. The highest BCUT2D eigenvalue weighted by Crippen LogP contribution is 2.53. The Labute approximate surface area is 337 Å². The Bertz CT molecular complexity index is 3470. The van der Waals surface area contributed by atoms with Crippen LogP contribution in [0.5, 0.6) is 0 Å². The molecule has 0 aliphatic carbocycles. The summed E-state index contributed by atoms with van der Waals surface area (Å²) in [7, 11) is 0. The summed E-state index contributed by atoms with van der Waals surface area (Å²) in [6, 6.07) is 80.8. The second-order valence-electron chi connectivity index (χ2n) is 15.5. The molecule has 12 aromatic rings. The first-order valence-electron chi connectivity index (χ1n) is 20.2. The molecule has 0 atom stereocenters. The van der Waals surface area contributed by atoms with E-state index in [0.29, 0.717) is 0 Å². The van der Waals surface area contributed by atoms with Crippen molar-refractivity contribution >= 4 is 64.6 Å². The first-order chi connectivity index (χ1) is 28.8. The highest BCUT2D eigenvalue weighted by atomic mass is 14.3. The molecular formula is C58H36. The summed E-state index contributed by atoms with van der Waals surface area (Å²) in [6.45, 7) is 0. The molecule has 0 saturated heterocycles. The van der Waals surface area contributed by atoms with Crippen molar-refractivity contribution in [2.24, 2.45) is 0 Å². The third kappa shape index (κ3) is 4.82. The fraction of sp³-hybridized carbons (Fsp3) is 0. The first-order valence-corrected chi connectivity index (χ1v) is 20.2. The maximum absolute atomic E-state index is 2.44. The number of benzene rings is 12. The molecule has 0 nitrogen and oxygen atoms in total. The lowest BCUT2D eigenvalue weighted by molar-refractivity contribution is 1.58. The van der Waals surface area contributed by atoms with E-state index < -0.39 is 0 Å². The minimum absolute atomic E-state index is 1.21. The van der Waals surface area contributed by atoms with E-state index in [1.54, 1.807) is 0 Å². The van der Waals surface area contributed by atoms with Gasteiger partial charge in [-0.2, -0.15) is 0 Å². The zero-order valence-corrected chi connectivity index (χ0v) is 31.8. The SMILES string of the molecule is c1ccc(-c2ccccc2-c2ccc3c4c2cc2ccccc2c4c2cccc4c(-c5c(-c6ccccc6)cccc5-c5ccccc5)c5ccccc5c3c42)cc1. The molecule has 268 valence electrons. The van der Waals surface area contributed by atoms with Gasteiger partial charge in [0.15, 0.2) is 0 Å². The quantitative estimate of drug-likeness (QED) is 0.122. The molecule has 0 aliphatic rings. The third-order valence-corrected chi connectivity index (χ3v) is 12.4. The lowest BCUT2D eigenvalue weighted by Crippen LogP contribution is -1.96. The van der Waals surface area contributed by atoms with Gasteiger partial charge in [-0.25, -0.2) is 0 Å². The molecule has 0 unspecified atom stereocenters. The van der Waals surface area contributed by atoms with E-state index in [9.17, 15) is 0 Å². The highest BCUT2D eigenvalue weighted by molar-refractivity contribution is 6.44. The smallest absolute Gasteiger partial charge is 0.00134 e. The second-order valence-corrected chi connectivity index (χ2v) is 15.5. The van der Waals surface area contributed by atoms with Gasteiger partial charge in [-0.3, -0.25) is 0 Å². The van der Waals surface area contributed by atoms with E-state index in [1.165, 1.54) is 120 Å². The zero-order chi connectivity index (χ0) is 38.2. The maximum atomic E-state index is 2.44. The van der Waals surface area contributed by atoms with E-state index in [1.807, 2.05) is 0 Å². The largest absolute Gasteiger partial charge is 0.0622 e. The Kier molecular flexibility index (Phi) is 7.33. The molecule has 0 fully saturated rings. The van der Waals surface area contributed by atoms with Gasteiger partial charge in [0.1, 0.15) is 0 Å². The minimum Gasteiger partial charge on any atom is -0.0622 e. The molecule has 0 aliphatic heterocycles. The molecule has 0 spiro atoms. The van der Waals surface area contributed by atoms with Crippen molar-refractivity contribution in [3.8, 4) is 55.6 Å². The van der Waals surface area contributed by atoms with Gasteiger partial charge in [0.25, 0.3) is 0 Å². The van der Waals surface area contributed by atoms with Gasteiger partial charge in [-0.1, -0.05) is 212 Å². The fourth-order valence-electron chi connectivity index (χ4n) is 10.0. The minimum atomic E-state index is 1.21. The molecule has 0 N–H and O–H groups in total. The standard InChI is InChI=1S/C58H36/c1-4-18-37(19-5-1)41-25-12-13-27-45(41)46-34-35-51-56-48-29-15-14-28-47(48)55(53-42(38-20-6-2-7-21-38)30-16-31-43(53)39-22-8-3-9-23-39)50-33-17-32-49(57(50)56)54-44-26-11-10-24-40(44)36-52(46)58(51)54/h1-36H. The Balaban J connectivity index is 1.29. The van der Waals surface area contributed by atoms with Crippen LogP contribution in [0.4, 0.5) is 0 Å². The summed E-state index contributed by atoms with van der Waals surface area (Å²) in [5.41, 5.74) is 12.4. The molecule has 0 radical (unpaired) electrons. The predicted octanol–water partition coefficient (Wildman–Crippen LogP) is 16.4. The van der Waals surface area contributed by atoms with Crippen molar-refractivity contribution in [2.75, 3.05) is 0 Å². The van der Waals surface area contributed by atoms with Crippen LogP contribution in [-0.2, 0) is 0 Å². The number of rotatable bonds is 5. The number of fused-ring (bicyclic) bond motifs is 6. The molecule has 0 aromatic heterocycles. The highest BCUT2D eigenvalue weighted by Gasteiger charge is 2.25. The average molecular weight is 733 g/mol. The van der Waals surface area contributed by atoms with Gasteiger partial charge in [-0.05, 0) is 126 Å². The van der Waals surface area contributed by atoms with Crippen molar-refractivity contribution < 1.29 is 0 Å². The average Bonchev–Trinajstić information content (AvgIpc) is 3.30. The lowest BCUT2D eigenvalue weighted by atomic mass is 9.78. The van der Waals surface area contributed by atoms with Crippen molar-refractivity contribution in [1.82, 2.24) is 0 Å². The Hall–Kier alpha value is -7.54. The molecule has 12 aromatic carbocycles. The molecule has 0 saturated carbocycles. The maximum Gasteiger partial charge on any atom is -0.00134 e. The Morgan fingerprint density at radius 2 is 0.621 bits per heavy atom. The summed E-state index contributed by atoms with van der Waals surface area (Å²) in [5.74, 6) is 0. The molecule has 58 heavy (non-hydrogen) atoms. The van der Waals surface area contributed by atoms with E-state index in [0.717, 1.165) is 0 Å². The van der Waals surface area contributed by atoms with Crippen LogP contribution in [0.3, 0.4) is 0 Å². The number of hydrogen-bond acceptors (Lipinski definition) is 0. The topological polar surface area (TPSA) is 0 Å². The van der Waals surface area contributed by atoms with Gasteiger partial charge < -0.3 is 0 Å². The molecule has 0 heteroatoms. The van der Waals surface area contributed by atoms with Gasteiger partial charge in [0.05, 0.1) is 0 Å². The van der Waals surface area contributed by atoms with Gasteiger partial charge in [-0.15, -0.1) is 0 Å². The van der Waals surface area contributed by atoms with Crippen LogP contribution in [0.25, 0.3) is 120 Å². The van der Waals surface area contributed by atoms with Crippen LogP contribution >= 0.6 is 0 Å². The van der Waals surface area contributed by atoms with Crippen molar-refractivity contribution in [2.45, 2.75) is 0 Å². The summed E-state index contributed by atoms with van der Waals surface area (Å²) in [6.07, 6.45) is 0. The molecule has 0 bridgehead atoms. The Morgan fingerprint density at radius 3 is 1.31 bits per heavy atom. The van der Waals surface area contributed by atoms with Gasteiger partial charge >= 0.3 is 0 Å². The second kappa shape index (κ2) is 13.0. The summed E-state index contributed by atoms with van der Waals surface area (Å²) in [4.78, 5) is 0. The zero-order valence-electron chi connectivity index (χ0n) is 31.8. The lowest BCUT2D eigenvalue weighted by Gasteiger charge is -2.24. The van der Waals surface area contributed by atoms with Crippen molar-refractivity contribution in [1.29, 1.82) is 0 Å². The van der Waals surface area contributed by atoms with Crippen LogP contribution in [0.2, 0.25) is 0 Å². The van der Waals surface area contributed by atoms with E-state index in [2.05, 4.69) is 218 Å². The van der Waals surface area contributed by atoms with Crippen molar-refractivity contribution in [3.63, 3.8) is 0 Å². The van der Waals surface area contributed by atoms with Crippen LogP contribution in [0, 0.1) is 0 Å². The Morgan fingerprint density at radius 1 is 0.190 bits per heavy atom. The first kappa shape index (κ1) is 32.7. The van der Waals surface area contributed by atoms with Crippen LogP contribution < -0.4 is 0 Å². The van der Waals surface area contributed by atoms with Gasteiger partial charge in [0, 0.05) is 0 Å². The van der Waals surface area contributed by atoms with Crippen LogP contribution in [-0.4, -0.2) is 0 Å². The monoisotopic (exact) mass is 732 g/mol. The fourth-order valence-corrected chi connectivity index (χ4v) is 10.0. The van der Waals surface area contributed by atoms with E-state index in [-0.39, 0.29) is 0 Å². The van der Waals surface area contributed by atoms with E-state index >= 15 is 0 Å². The molecular weight excluding hydrogens is 697 g/mol. The number of hydrogen-bond donors (Lipinski definition) is 0. The summed E-state index contributed by atoms with van der Waals surface area (Å²) in [5, 5.41) is 15.5. The van der Waals surface area contributed by atoms with Crippen molar-refractivity contribution in [3.05, 3.63) is 218 Å². The van der Waals surface area contributed by atoms with E-state index in [4.69, 9.17) is 0 Å². The third-order valence-electron chi connectivity index (χ3n) is 12.4. The predicted molar refractivity (Wildman–Crippen MR) is 250 cm³/mol. The van der Waals surface area contributed by atoms with Crippen LogP contribution in [0.15, 0.2) is 218 Å². The summed E-state index contributed by atoms with van der Waals surface area (Å²) >= 11 is 0. The van der Waals surface area contributed by atoms with Crippen LogP contribution in [0.1, 0.15) is 0 Å². The molecule has 0 heterocycles. The normalized spacial score (nSPS) is 11.8.